The van der Waals surface area contributed by atoms with E-state index in [1.165, 1.54) is 0 Å². The highest BCUT2D eigenvalue weighted by atomic mass is 35.5. The number of carbonyl (C=O) groups excluding carboxylic acids is 1. The van der Waals surface area contributed by atoms with Crippen LogP contribution in [0.5, 0.6) is 0 Å². The van der Waals surface area contributed by atoms with Crippen molar-refractivity contribution in [3.63, 3.8) is 0 Å². The third-order valence-electron chi connectivity index (χ3n) is 3.71. The highest BCUT2D eigenvalue weighted by Gasteiger charge is 2.16. The standard InChI is InChI=1S/C18H20Cl2N2O.ClH/c1-12(9-14-7-8-15(19)10-16(14)20)18(23)22-11-17(21)13-5-3-2-4-6-13;/h2-8,10,12,17H,9,11,21H2,1H3,(H,22,23);1H. The molecule has 0 aromatic heterocycles. The van der Waals surface area contributed by atoms with Crippen LogP contribution < -0.4 is 11.1 Å². The van der Waals surface area contributed by atoms with Crippen molar-refractivity contribution in [2.75, 3.05) is 6.54 Å². The second-order valence-electron chi connectivity index (χ2n) is 5.60. The number of carbonyl (C=O) groups is 1. The van der Waals surface area contributed by atoms with Crippen molar-refractivity contribution in [2.24, 2.45) is 11.7 Å². The van der Waals surface area contributed by atoms with Gasteiger partial charge in [-0.15, -0.1) is 12.4 Å². The summed E-state index contributed by atoms with van der Waals surface area (Å²) in [6, 6.07) is 14.8. The monoisotopic (exact) mass is 386 g/mol. The van der Waals surface area contributed by atoms with Crippen molar-refractivity contribution in [1.82, 2.24) is 5.32 Å². The Kier molecular flexibility index (Phi) is 8.57. The van der Waals surface area contributed by atoms with Crippen LogP contribution in [0.2, 0.25) is 10.0 Å². The molecule has 0 heterocycles. The molecule has 0 aliphatic rings. The molecule has 2 unspecified atom stereocenters. The molecule has 0 aliphatic heterocycles. The van der Waals surface area contributed by atoms with Gasteiger partial charge in [-0.2, -0.15) is 0 Å². The molecule has 6 heteroatoms. The Balaban J connectivity index is 0.00000288. The van der Waals surface area contributed by atoms with E-state index in [2.05, 4.69) is 5.32 Å². The number of nitrogens with two attached hydrogens (primary N) is 1. The van der Waals surface area contributed by atoms with Gasteiger partial charge in [-0.1, -0.05) is 66.5 Å². The summed E-state index contributed by atoms with van der Waals surface area (Å²) >= 11 is 12.0. The van der Waals surface area contributed by atoms with Crippen LogP contribution in [0.25, 0.3) is 0 Å². The van der Waals surface area contributed by atoms with Gasteiger partial charge in [-0.3, -0.25) is 4.79 Å². The third kappa shape index (κ3) is 5.99. The number of amides is 1. The predicted octanol–water partition coefficient (Wildman–Crippen LogP) is 4.41. The Bertz CT molecular complexity index is 665. The first-order valence-electron chi connectivity index (χ1n) is 7.49. The molecular weight excluding hydrogens is 367 g/mol. The Morgan fingerprint density at radius 1 is 1.17 bits per heavy atom. The van der Waals surface area contributed by atoms with Gasteiger partial charge in [0.05, 0.1) is 0 Å². The minimum absolute atomic E-state index is 0. The summed E-state index contributed by atoms with van der Waals surface area (Å²) in [5.41, 5.74) is 8.00. The van der Waals surface area contributed by atoms with E-state index in [0.29, 0.717) is 23.0 Å². The van der Waals surface area contributed by atoms with Crippen LogP contribution in [0.15, 0.2) is 48.5 Å². The normalized spacial score (nSPS) is 12.8. The Morgan fingerprint density at radius 3 is 2.46 bits per heavy atom. The first-order valence-corrected chi connectivity index (χ1v) is 8.25. The van der Waals surface area contributed by atoms with Crippen LogP contribution >= 0.6 is 35.6 Å². The number of rotatable bonds is 6. The van der Waals surface area contributed by atoms with E-state index in [4.69, 9.17) is 28.9 Å². The molecule has 0 fully saturated rings. The number of hydrogen-bond acceptors (Lipinski definition) is 2. The summed E-state index contributed by atoms with van der Waals surface area (Å²) in [4.78, 5) is 12.2. The van der Waals surface area contributed by atoms with Crippen LogP contribution in [0, 0.1) is 5.92 Å². The lowest BCUT2D eigenvalue weighted by Crippen LogP contribution is -2.35. The van der Waals surface area contributed by atoms with Gasteiger partial charge in [-0.05, 0) is 29.7 Å². The molecule has 0 bridgehead atoms. The van der Waals surface area contributed by atoms with Crippen molar-refractivity contribution >= 4 is 41.5 Å². The average molecular weight is 388 g/mol. The summed E-state index contributed by atoms with van der Waals surface area (Å²) in [6.07, 6.45) is 0.558. The largest absolute Gasteiger partial charge is 0.354 e. The van der Waals surface area contributed by atoms with Gasteiger partial charge >= 0.3 is 0 Å². The molecule has 0 aliphatic carbocycles. The average Bonchev–Trinajstić information content (AvgIpc) is 2.55. The van der Waals surface area contributed by atoms with Crippen LogP contribution in [0.4, 0.5) is 0 Å². The highest BCUT2D eigenvalue weighted by Crippen LogP contribution is 2.23. The van der Waals surface area contributed by atoms with Gasteiger partial charge in [0.2, 0.25) is 5.91 Å². The smallest absolute Gasteiger partial charge is 0.223 e. The maximum absolute atomic E-state index is 12.2. The van der Waals surface area contributed by atoms with Crippen LogP contribution in [-0.2, 0) is 11.2 Å². The van der Waals surface area contributed by atoms with Crippen molar-refractivity contribution in [1.29, 1.82) is 0 Å². The van der Waals surface area contributed by atoms with E-state index >= 15 is 0 Å². The maximum Gasteiger partial charge on any atom is 0.223 e. The molecule has 3 nitrogen and oxygen atoms in total. The number of nitrogens with one attached hydrogen (secondary N) is 1. The third-order valence-corrected chi connectivity index (χ3v) is 4.30. The number of hydrogen-bond donors (Lipinski definition) is 2. The zero-order chi connectivity index (χ0) is 16.8. The zero-order valence-electron chi connectivity index (χ0n) is 13.3. The lowest BCUT2D eigenvalue weighted by molar-refractivity contribution is -0.124. The molecule has 0 radical (unpaired) electrons. The second-order valence-corrected chi connectivity index (χ2v) is 6.45. The fourth-order valence-corrected chi connectivity index (χ4v) is 2.80. The SMILES string of the molecule is CC(Cc1ccc(Cl)cc1Cl)C(=O)NCC(N)c1ccccc1.Cl. The van der Waals surface area contributed by atoms with Gasteiger partial charge in [0.1, 0.15) is 0 Å². The van der Waals surface area contributed by atoms with E-state index in [9.17, 15) is 4.79 Å². The molecule has 1 amide bonds. The Hall–Kier alpha value is -1.26. The lowest BCUT2D eigenvalue weighted by Gasteiger charge is -2.16. The summed E-state index contributed by atoms with van der Waals surface area (Å²) < 4.78 is 0. The van der Waals surface area contributed by atoms with Crippen molar-refractivity contribution in [3.8, 4) is 0 Å². The Labute approximate surface area is 158 Å². The van der Waals surface area contributed by atoms with Crippen molar-refractivity contribution in [2.45, 2.75) is 19.4 Å². The quantitative estimate of drug-likeness (QED) is 0.771. The maximum atomic E-state index is 12.2. The summed E-state index contributed by atoms with van der Waals surface area (Å²) in [6.45, 7) is 2.27. The van der Waals surface area contributed by atoms with E-state index in [0.717, 1.165) is 11.1 Å². The number of halogens is 3. The zero-order valence-corrected chi connectivity index (χ0v) is 15.7. The molecule has 24 heavy (non-hydrogen) atoms. The minimum Gasteiger partial charge on any atom is -0.354 e. The molecule has 0 saturated carbocycles. The number of benzene rings is 2. The van der Waals surface area contributed by atoms with Gasteiger partial charge in [-0.25, -0.2) is 0 Å². The molecule has 0 spiro atoms. The fourth-order valence-electron chi connectivity index (χ4n) is 2.31. The predicted molar refractivity (Wildman–Crippen MR) is 103 cm³/mol. The molecule has 0 saturated heterocycles. The minimum atomic E-state index is -0.216. The van der Waals surface area contributed by atoms with Gasteiger partial charge < -0.3 is 11.1 Å². The van der Waals surface area contributed by atoms with Gasteiger partial charge in [0.25, 0.3) is 0 Å². The molecule has 130 valence electrons. The first kappa shape index (κ1) is 20.8. The summed E-state index contributed by atoms with van der Waals surface area (Å²) in [5.74, 6) is -0.237. The topological polar surface area (TPSA) is 55.1 Å². The molecule has 3 N–H and O–H groups in total. The van der Waals surface area contributed by atoms with E-state index in [-0.39, 0.29) is 30.3 Å². The first-order chi connectivity index (χ1) is 11.0. The van der Waals surface area contributed by atoms with Crippen molar-refractivity contribution < 1.29 is 4.79 Å². The van der Waals surface area contributed by atoms with E-state index < -0.39 is 0 Å². The van der Waals surface area contributed by atoms with Gasteiger partial charge in [0.15, 0.2) is 0 Å². The lowest BCUT2D eigenvalue weighted by atomic mass is 10.00. The van der Waals surface area contributed by atoms with Crippen LogP contribution in [0.1, 0.15) is 24.1 Å². The van der Waals surface area contributed by atoms with Crippen molar-refractivity contribution in [3.05, 3.63) is 69.7 Å². The molecular formula is C18H21Cl3N2O. The van der Waals surface area contributed by atoms with Crippen LogP contribution in [0.3, 0.4) is 0 Å². The Morgan fingerprint density at radius 2 is 1.83 bits per heavy atom. The molecule has 2 rings (SSSR count). The molecule has 2 atom stereocenters. The van der Waals surface area contributed by atoms with Crippen LogP contribution in [-0.4, -0.2) is 12.5 Å². The van der Waals surface area contributed by atoms with Gasteiger partial charge in [0, 0.05) is 28.5 Å². The molecule has 2 aromatic rings. The van der Waals surface area contributed by atoms with E-state index in [1.807, 2.05) is 43.3 Å². The second kappa shape index (κ2) is 9.90. The summed E-state index contributed by atoms with van der Waals surface area (Å²) in [5, 5.41) is 4.07. The summed E-state index contributed by atoms with van der Waals surface area (Å²) in [7, 11) is 0. The van der Waals surface area contributed by atoms with E-state index in [1.54, 1.807) is 12.1 Å². The molecule has 2 aromatic carbocycles. The highest BCUT2D eigenvalue weighted by molar-refractivity contribution is 6.35. The fraction of sp³-hybridized carbons (Fsp3) is 0.278.